The maximum Gasteiger partial charge on any atom is 0 e. The zero-order valence-corrected chi connectivity index (χ0v) is 6.42. The number of hydrogen-bond donors (Lipinski definition) is 5. The third kappa shape index (κ3) is 80000. The van der Waals surface area contributed by atoms with Crippen LogP contribution in [0.15, 0.2) is 0 Å². The van der Waals surface area contributed by atoms with Crippen LogP contribution >= 0.6 is 0 Å². The first-order chi connectivity index (χ1) is 0. The van der Waals surface area contributed by atoms with E-state index in [1.54, 1.807) is 0 Å². The van der Waals surface area contributed by atoms with Crippen LogP contribution in [0.1, 0.15) is 22.3 Å². The molecular weight excluding hydrogens is 160 g/mol. The second-order valence-corrected chi connectivity index (χ2v) is 0. The topological polar surface area (TPSA) is 175 Å². The molecular formula is C3H27B5N5. The van der Waals surface area contributed by atoms with Gasteiger partial charge in [-0.25, -0.2) is 0 Å². The van der Waals surface area contributed by atoms with Gasteiger partial charge in [0, 0.05) is 42.1 Å². The van der Waals surface area contributed by atoms with Crippen LogP contribution in [0, 0.1) is 0 Å². The third-order valence-electron chi connectivity index (χ3n) is 0. The molecule has 0 aromatic rings. The summed E-state index contributed by atoms with van der Waals surface area (Å²) in [6.07, 6.45) is 0. The minimum atomic E-state index is 0. The van der Waals surface area contributed by atoms with Crippen molar-refractivity contribution in [1.82, 2.24) is 30.8 Å². The van der Waals surface area contributed by atoms with E-state index in [4.69, 9.17) is 0 Å². The monoisotopic (exact) mass is 188 g/mol. The standard InChI is InChI=1S/3CH4.5B.5H3N/h3*1H4;;;;;;5*1H3. The molecule has 0 unspecified atom stereocenters. The molecule has 15 N–H and O–H groups in total. The summed E-state index contributed by atoms with van der Waals surface area (Å²) >= 11 is 0. The average Bonchev–Trinajstić information content (AvgIpc) is 0. The Bertz CT molecular complexity index is 20.1. The predicted octanol–water partition coefficient (Wildman–Crippen LogP) is 0.814. The van der Waals surface area contributed by atoms with Gasteiger partial charge in [0.1, 0.15) is 0 Å². The molecule has 13 heavy (non-hydrogen) atoms. The highest BCUT2D eigenvalue weighted by Crippen LogP contribution is 0.146. The molecule has 0 rings (SSSR count). The molecule has 0 saturated carbocycles. The molecule has 15 radical (unpaired) electrons. The second kappa shape index (κ2) is 96500. The molecule has 0 heterocycles. The molecule has 0 saturated heterocycles. The SMILES string of the molecule is C.C.C.N.N.N.N.N.[B].[B].[B].[B].[B]. The molecule has 0 aliphatic rings. The Labute approximate surface area is 95.8 Å². The van der Waals surface area contributed by atoms with Crippen LogP contribution in [0.3, 0.4) is 0 Å². The molecule has 10 heteroatoms. The highest BCUT2D eigenvalue weighted by atomic mass is 14.0. The molecule has 0 aromatic carbocycles. The van der Waals surface area contributed by atoms with Gasteiger partial charge >= 0.3 is 0 Å². The lowest BCUT2D eigenvalue weighted by molar-refractivity contribution is 2.13. The van der Waals surface area contributed by atoms with Crippen molar-refractivity contribution in [1.29, 1.82) is 0 Å². The van der Waals surface area contributed by atoms with E-state index in [0.717, 1.165) is 0 Å². The fraction of sp³-hybridized carbons (Fsp3) is 1.00. The van der Waals surface area contributed by atoms with Crippen LogP contribution in [0.2, 0.25) is 0 Å². The normalized spacial score (nSPS) is 0. The van der Waals surface area contributed by atoms with Gasteiger partial charge in [-0.1, -0.05) is 22.3 Å². The Kier molecular flexibility index (Phi) is 922000000. The smallest absolute Gasteiger partial charge is 0 e. The maximum absolute atomic E-state index is 0. The van der Waals surface area contributed by atoms with Gasteiger partial charge in [0.25, 0.3) is 0 Å². The van der Waals surface area contributed by atoms with Crippen molar-refractivity contribution >= 4 is 42.1 Å². The van der Waals surface area contributed by atoms with Crippen molar-refractivity contribution in [3.8, 4) is 0 Å². The van der Waals surface area contributed by atoms with E-state index in [-0.39, 0.29) is 95.1 Å². The van der Waals surface area contributed by atoms with Gasteiger partial charge in [0.15, 0.2) is 0 Å². The summed E-state index contributed by atoms with van der Waals surface area (Å²) in [4.78, 5) is 0. The van der Waals surface area contributed by atoms with Crippen LogP contribution in [-0.4, -0.2) is 42.1 Å². The molecule has 0 aliphatic heterocycles. The van der Waals surface area contributed by atoms with Crippen LogP contribution in [0.4, 0.5) is 0 Å². The van der Waals surface area contributed by atoms with E-state index in [0.29, 0.717) is 0 Å². The summed E-state index contributed by atoms with van der Waals surface area (Å²) in [6, 6.07) is 0. The highest BCUT2D eigenvalue weighted by molar-refractivity contribution is 5.76. The van der Waals surface area contributed by atoms with Gasteiger partial charge in [-0.3, -0.25) is 0 Å². The lowest BCUT2D eigenvalue weighted by atomic mass is 10.8. The van der Waals surface area contributed by atoms with E-state index >= 15 is 0 Å². The van der Waals surface area contributed by atoms with Gasteiger partial charge in [-0.15, -0.1) is 0 Å². The molecule has 0 spiro atoms. The molecule has 0 atom stereocenters. The van der Waals surface area contributed by atoms with Gasteiger partial charge in [0.05, 0.1) is 0 Å². The number of rotatable bonds is 0. The Morgan fingerprint density at radius 1 is 0.231 bits per heavy atom. The minimum Gasteiger partial charge on any atom is -0.344 e. The van der Waals surface area contributed by atoms with Crippen LogP contribution in [-0.2, 0) is 0 Å². The summed E-state index contributed by atoms with van der Waals surface area (Å²) in [5, 5.41) is 0. The number of hydrogen-bond acceptors (Lipinski definition) is 5. The third-order valence-corrected chi connectivity index (χ3v) is 0. The van der Waals surface area contributed by atoms with E-state index in [2.05, 4.69) is 0 Å². The molecule has 0 aromatic heterocycles. The zero-order chi connectivity index (χ0) is 0. The van der Waals surface area contributed by atoms with Gasteiger partial charge in [-0.2, -0.15) is 0 Å². The first-order valence-electron chi connectivity index (χ1n) is 0. The second-order valence-electron chi connectivity index (χ2n) is 0. The molecule has 0 aliphatic carbocycles. The van der Waals surface area contributed by atoms with E-state index in [1.807, 2.05) is 0 Å². The Balaban J connectivity index is 0. The van der Waals surface area contributed by atoms with Gasteiger partial charge in [-0.05, 0) is 0 Å². The Morgan fingerprint density at radius 3 is 0.231 bits per heavy atom. The Hall–Kier alpha value is 0.125. The molecule has 0 amide bonds. The van der Waals surface area contributed by atoms with Crippen LogP contribution in [0.25, 0.3) is 0 Å². The largest absolute Gasteiger partial charge is 0.344 e. The molecule has 0 bridgehead atoms. The average molecular weight is 187 g/mol. The Morgan fingerprint density at radius 2 is 0.231 bits per heavy atom. The van der Waals surface area contributed by atoms with Crippen molar-refractivity contribution in [2.45, 2.75) is 22.3 Å². The first-order valence-corrected chi connectivity index (χ1v) is 0. The first kappa shape index (κ1) is 124000. The molecule has 5 nitrogen and oxygen atoms in total. The van der Waals surface area contributed by atoms with Crippen molar-refractivity contribution in [2.24, 2.45) is 0 Å². The quantitative estimate of drug-likeness (QED) is 0.352. The summed E-state index contributed by atoms with van der Waals surface area (Å²) < 4.78 is 0. The minimum absolute atomic E-state index is 0. The lowest BCUT2D eigenvalue weighted by Gasteiger charge is -0.345. The van der Waals surface area contributed by atoms with Gasteiger partial charge in [0.2, 0.25) is 0 Å². The highest BCUT2D eigenvalue weighted by Gasteiger charge is 0.00427. The van der Waals surface area contributed by atoms with Crippen LogP contribution in [0.5, 0.6) is 0 Å². The lowest BCUT2D eigenvalue weighted by Crippen LogP contribution is -0.482. The van der Waals surface area contributed by atoms with Crippen molar-refractivity contribution in [3.05, 3.63) is 0 Å². The molecule has 0 fully saturated rings. The van der Waals surface area contributed by atoms with Crippen molar-refractivity contribution < 1.29 is 0 Å². The summed E-state index contributed by atoms with van der Waals surface area (Å²) in [5.41, 5.74) is 0. The van der Waals surface area contributed by atoms with Crippen LogP contribution < -0.4 is 30.8 Å². The predicted molar refractivity (Wildman–Crippen MR) is 74.1 cm³/mol. The summed E-state index contributed by atoms with van der Waals surface area (Å²) in [5.74, 6) is 0. The summed E-state index contributed by atoms with van der Waals surface area (Å²) in [6.45, 7) is 0. The fourth-order valence-corrected chi connectivity index (χ4v) is 0. The van der Waals surface area contributed by atoms with Gasteiger partial charge < -0.3 is 30.8 Å². The van der Waals surface area contributed by atoms with E-state index in [9.17, 15) is 0 Å². The van der Waals surface area contributed by atoms with Crippen molar-refractivity contribution in [2.75, 3.05) is 0 Å². The molecule has 79 valence electrons. The van der Waals surface area contributed by atoms with Crippen molar-refractivity contribution in [3.63, 3.8) is 0 Å². The zero-order valence-electron chi connectivity index (χ0n) is 6.42. The fourth-order valence-electron chi connectivity index (χ4n) is 0. The van der Waals surface area contributed by atoms with E-state index in [1.165, 1.54) is 0 Å². The van der Waals surface area contributed by atoms with E-state index < -0.39 is 0 Å². The maximum atomic E-state index is 0. The summed E-state index contributed by atoms with van der Waals surface area (Å²) in [7, 11) is 0.